The van der Waals surface area contributed by atoms with Crippen LogP contribution < -0.4 is 5.32 Å². The number of alkyl halides is 3. The van der Waals surface area contributed by atoms with Gasteiger partial charge < -0.3 is 10.2 Å². The minimum absolute atomic E-state index is 0.0362. The number of amides is 2. The molecule has 4 nitrogen and oxygen atoms in total. The SMILES string of the molecule is O=C(Nc1cc(Cl)cc(C(F)(F)F)c1)N1C2CCC1c1ccnc(F)c1C2. The van der Waals surface area contributed by atoms with Crippen LogP contribution in [0.15, 0.2) is 30.5 Å². The Morgan fingerprint density at radius 2 is 2.04 bits per heavy atom. The molecule has 0 radical (unpaired) electrons. The minimum atomic E-state index is -4.57. The van der Waals surface area contributed by atoms with E-state index in [4.69, 9.17) is 11.6 Å². The molecule has 1 fully saturated rings. The third-order valence-electron chi connectivity index (χ3n) is 5.05. The molecule has 2 aliphatic heterocycles. The lowest BCUT2D eigenvalue weighted by atomic mass is 9.95. The van der Waals surface area contributed by atoms with E-state index in [0.29, 0.717) is 30.4 Å². The van der Waals surface area contributed by atoms with Gasteiger partial charge in [0.05, 0.1) is 11.6 Å². The molecule has 2 aliphatic rings. The number of hydrogen-bond donors (Lipinski definition) is 1. The lowest BCUT2D eigenvalue weighted by Gasteiger charge is -2.36. The number of halogens is 5. The Morgan fingerprint density at radius 3 is 2.78 bits per heavy atom. The van der Waals surface area contributed by atoms with Crippen molar-refractivity contribution in [3.8, 4) is 0 Å². The van der Waals surface area contributed by atoms with Crippen molar-refractivity contribution >= 4 is 23.3 Å². The second kappa shape index (κ2) is 6.37. The summed E-state index contributed by atoms with van der Waals surface area (Å²) in [6, 6.07) is 3.52. The van der Waals surface area contributed by atoms with Gasteiger partial charge in [0.1, 0.15) is 0 Å². The standard InChI is InChI=1S/C18H14ClF4N3O/c19-10-5-9(18(21,22)23)6-11(7-10)25-17(27)26-12-1-2-15(26)13-3-4-24-16(20)14(13)8-12/h3-7,12,15H,1-2,8H2,(H,25,27). The number of nitrogens with zero attached hydrogens (tertiary/aromatic N) is 2. The number of urea groups is 1. The first kappa shape index (κ1) is 18.0. The van der Waals surface area contributed by atoms with Crippen LogP contribution in [0.3, 0.4) is 0 Å². The van der Waals surface area contributed by atoms with Gasteiger partial charge in [0, 0.05) is 28.5 Å². The van der Waals surface area contributed by atoms with E-state index in [1.165, 1.54) is 12.3 Å². The minimum Gasteiger partial charge on any atom is -0.314 e. The lowest BCUT2D eigenvalue weighted by Crippen LogP contribution is -2.44. The number of benzene rings is 1. The van der Waals surface area contributed by atoms with E-state index in [-0.39, 0.29) is 22.8 Å². The fraction of sp³-hybridized carbons (Fsp3) is 0.333. The molecule has 2 unspecified atom stereocenters. The van der Waals surface area contributed by atoms with Crippen molar-refractivity contribution in [3.63, 3.8) is 0 Å². The molecule has 1 saturated heterocycles. The van der Waals surface area contributed by atoms with E-state index in [1.54, 1.807) is 11.0 Å². The van der Waals surface area contributed by atoms with E-state index in [0.717, 1.165) is 12.1 Å². The maximum absolute atomic E-state index is 14.0. The third-order valence-corrected chi connectivity index (χ3v) is 5.27. The highest BCUT2D eigenvalue weighted by Crippen LogP contribution is 2.44. The summed E-state index contributed by atoms with van der Waals surface area (Å²) in [7, 11) is 0. The molecule has 9 heteroatoms. The molecule has 2 atom stereocenters. The molecule has 0 saturated carbocycles. The van der Waals surface area contributed by atoms with Crippen LogP contribution in [0, 0.1) is 5.95 Å². The van der Waals surface area contributed by atoms with Gasteiger partial charge in [-0.05, 0) is 49.1 Å². The average Bonchev–Trinajstić information content (AvgIpc) is 2.90. The summed E-state index contributed by atoms with van der Waals surface area (Å²) in [5.41, 5.74) is 0.237. The maximum atomic E-state index is 14.0. The van der Waals surface area contributed by atoms with Crippen molar-refractivity contribution in [1.29, 1.82) is 0 Å². The fourth-order valence-electron chi connectivity index (χ4n) is 3.94. The Labute approximate surface area is 157 Å². The van der Waals surface area contributed by atoms with E-state index in [2.05, 4.69) is 10.3 Å². The van der Waals surface area contributed by atoms with Crippen LogP contribution in [-0.4, -0.2) is 22.0 Å². The number of aromatic nitrogens is 1. The van der Waals surface area contributed by atoms with Crippen LogP contribution in [0.4, 0.5) is 28.0 Å². The van der Waals surface area contributed by atoms with Crippen LogP contribution in [0.2, 0.25) is 5.02 Å². The summed E-state index contributed by atoms with van der Waals surface area (Å²) < 4.78 is 52.8. The average molecular weight is 400 g/mol. The molecule has 27 heavy (non-hydrogen) atoms. The van der Waals surface area contributed by atoms with Crippen molar-refractivity contribution in [1.82, 2.24) is 9.88 Å². The molecule has 2 amide bonds. The molecular formula is C18H14ClF4N3O. The second-order valence-electron chi connectivity index (χ2n) is 6.68. The highest BCUT2D eigenvalue weighted by molar-refractivity contribution is 6.31. The predicted molar refractivity (Wildman–Crippen MR) is 91.0 cm³/mol. The van der Waals surface area contributed by atoms with Crippen molar-refractivity contribution in [2.75, 3.05) is 5.32 Å². The number of anilines is 1. The molecule has 0 spiro atoms. The number of fused-ring (bicyclic) bond motifs is 4. The smallest absolute Gasteiger partial charge is 0.314 e. The van der Waals surface area contributed by atoms with Gasteiger partial charge in [-0.2, -0.15) is 17.6 Å². The molecule has 4 rings (SSSR count). The Morgan fingerprint density at radius 1 is 1.26 bits per heavy atom. The van der Waals surface area contributed by atoms with Gasteiger partial charge in [0.25, 0.3) is 0 Å². The summed E-state index contributed by atoms with van der Waals surface area (Å²) in [4.78, 5) is 18.0. The predicted octanol–water partition coefficient (Wildman–Crippen LogP) is 5.19. The van der Waals surface area contributed by atoms with Gasteiger partial charge in [-0.15, -0.1) is 0 Å². The highest BCUT2D eigenvalue weighted by atomic mass is 35.5. The molecule has 3 heterocycles. The van der Waals surface area contributed by atoms with Crippen LogP contribution in [0.25, 0.3) is 0 Å². The molecular weight excluding hydrogens is 386 g/mol. The number of hydrogen-bond acceptors (Lipinski definition) is 2. The molecule has 1 N–H and O–H groups in total. The van der Waals surface area contributed by atoms with Gasteiger partial charge in [-0.1, -0.05) is 11.6 Å². The molecule has 1 aromatic heterocycles. The number of carbonyl (C=O) groups excluding carboxylic acids is 1. The van der Waals surface area contributed by atoms with Crippen molar-refractivity contribution in [2.45, 2.75) is 37.5 Å². The Kier molecular flexibility index (Phi) is 4.25. The van der Waals surface area contributed by atoms with Gasteiger partial charge in [-0.3, -0.25) is 0 Å². The molecule has 1 aromatic carbocycles. The van der Waals surface area contributed by atoms with Crippen molar-refractivity contribution in [2.24, 2.45) is 0 Å². The quantitative estimate of drug-likeness (QED) is 0.530. The third kappa shape index (κ3) is 3.22. The zero-order chi connectivity index (χ0) is 19.3. The van der Waals surface area contributed by atoms with Crippen LogP contribution in [-0.2, 0) is 12.6 Å². The monoisotopic (exact) mass is 399 g/mol. The topological polar surface area (TPSA) is 45.2 Å². The molecule has 0 aliphatic carbocycles. The van der Waals surface area contributed by atoms with E-state index in [1.807, 2.05) is 0 Å². The van der Waals surface area contributed by atoms with Gasteiger partial charge in [-0.25, -0.2) is 9.78 Å². The Balaban J connectivity index is 1.61. The van der Waals surface area contributed by atoms with Gasteiger partial charge >= 0.3 is 12.2 Å². The first-order valence-electron chi connectivity index (χ1n) is 8.34. The van der Waals surface area contributed by atoms with E-state index < -0.39 is 23.7 Å². The van der Waals surface area contributed by atoms with E-state index >= 15 is 0 Å². The zero-order valence-electron chi connectivity index (χ0n) is 13.9. The fourth-order valence-corrected chi connectivity index (χ4v) is 4.18. The summed E-state index contributed by atoms with van der Waals surface area (Å²) in [6.07, 6.45) is -1.52. The first-order valence-corrected chi connectivity index (χ1v) is 8.72. The summed E-state index contributed by atoms with van der Waals surface area (Å²) >= 11 is 5.77. The highest BCUT2D eigenvalue weighted by Gasteiger charge is 2.43. The second-order valence-corrected chi connectivity index (χ2v) is 7.12. The normalized spacial score (nSPS) is 21.1. The van der Waals surface area contributed by atoms with E-state index in [9.17, 15) is 22.4 Å². The molecule has 2 aromatic rings. The Bertz CT molecular complexity index is 918. The van der Waals surface area contributed by atoms with Crippen molar-refractivity contribution < 1.29 is 22.4 Å². The van der Waals surface area contributed by atoms with Gasteiger partial charge in [0.2, 0.25) is 5.95 Å². The summed E-state index contributed by atoms with van der Waals surface area (Å²) in [6.45, 7) is 0. The van der Waals surface area contributed by atoms with Crippen molar-refractivity contribution in [3.05, 3.63) is 58.1 Å². The molecule has 2 bridgehead atoms. The summed E-state index contributed by atoms with van der Waals surface area (Å²) in [5.74, 6) is -0.533. The van der Waals surface area contributed by atoms with Crippen LogP contribution in [0.1, 0.15) is 35.6 Å². The number of pyridine rings is 1. The number of carbonyl (C=O) groups is 1. The number of rotatable bonds is 1. The number of nitrogens with one attached hydrogen (secondary N) is 1. The molecule has 142 valence electrons. The largest absolute Gasteiger partial charge is 0.416 e. The van der Waals surface area contributed by atoms with Crippen LogP contribution >= 0.6 is 11.6 Å². The Hall–Kier alpha value is -2.35. The first-order chi connectivity index (χ1) is 12.7. The van der Waals surface area contributed by atoms with Crippen LogP contribution in [0.5, 0.6) is 0 Å². The lowest BCUT2D eigenvalue weighted by molar-refractivity contribution is -0.137. The summed E-state index contributed by atoms with van der Waals surface area (Å²) in [5, 5.41) is 2.38. The van der Waals surface area contributed by atoms with Gasteiger partial charge in [0.15, 0.2) is 0 Å². The maximum Gasteiger partial charge on any atom is 0.416 e. The zero-order valence-corrected chi connectivity index (χ0v) is 14.6.